The standard InChI is InChI=1S/C18H19ClN2O3S/c1-12-2-9-16(11-17(12)19)25(23,24)21-15-5-3-13(4-6-15)10-18(22)20-14-7-8-14/h2-6,9,11,14,21H,7-8,10H2,1H3,(H,20,22). The number of hydrogen-bond donors (Lipinski definition) is 2. The molecule has 2 aromatic carbocycles. The van der Waals surface area contributed by atoms with E-state index in [0.717, 1.165) is 24.0 Å². The van der Waals surface area contributed by atoms with Gasteiger partial charge in [-0.3, -0.25) is 9.52 Å². The molecular formula is C18H19ClN2O3S. The molecule has 0 spiro atoms. The predicted molar refractivity (Wildman–Crippen MR) is 98.3 cm³/mol. The monoisotopic (exact) mass is 378 g/mol. The molecule has 3 rings (SSSR count). The maximum absolute atomic E-state index is 12.4. The van der Waals surface area contributed by atoms with Gasteiger partial charge in [0.2, 0.25) is 5.91 Å². The summed E-state index contributed by atoms with van der Waals surface area (Å²) in [7, 11) is -3.71. The molecule has 0 unspecified atom stereocenters. The summed E-state index contributed by atoms with van der Waals surface area (Å²) in [5.74, 6) is -0.00914. The Morgan fingerprint density at radius 1 is 1.16 bits per heavy atom. The maximum atomic E-state index is 12.4. The Morgan fingerprint density at radius 3 is 2.44 bits per heavy atom. The van der Waals surface area contributed by atoms with Crippen molar-refractivity contribution < 1.29 is 13.2 Å². The van der Waals surface area contributed by atoms with E-state index in [1.165, 1.54) is 12.1 Å². The van der Waals surface area contributed by atoms with Gasteiger partial charge >= 0.3 is 0 Å². The topological polar surface area (TPSA) is 75.3 Å². The smallest absolute Gasteiger partial charge is 0.261 e. The lowest BCUT2D eigenvalue weighted by molar-refractivity contribution is -0.120. The Hall–Kier alpha value is -2.05. The molecule has 2 N–H and O–H groups in total. The van der Waals surface area contributed by atoms with Crippen LogP contribution in [0.4, 0.5) is 5.69 Å². The number of nitrogens with one attached hydrogen (secondary N) is 2. The summed E-state index contributed by atoms with van der Waals surface area (Å²) in [6, 6.07) is 11.7. The highest BCUT2D eigenvalue weighted by Crippen LogP contribution is 2.23. The first-order valence-corrected chi connectivity index (χ1v) is 9.87. The number of hydrogen-bond acceptors (Lipinski definition) is 3. The lowest BCUT2D eigenvalue weighted by atomic mass is 10.1. The van der Waals surface area contributed by atoms with Crippen LogP contribution in [0.15, 0.2) is 47.4 Å². The first-order chi connectivity index (χ1) is 11.8. The van der Waals surface area contributed by atoms with Gasteiger partial charge in [0, 0.05) is 16.8 Å². The van der Waals surface area contributed by atoms with Gasteiger partial charge in [0.15, 0.2) is 0 Å². The first-order valence-electron chi connectivity index (χ1n) is 8.01. The van der Waals surface area contributed by atoms with E-state index >= 15 is 0 Å². The van der Waals surface area contributed by atoms with Crippen molar-refractivity contribution in [2.45, 2.75) is 37.1 Å². The lowest BCUT2D eigenvalue weighted by Gasteiger charge is -2.10. The third-order valence-electron chi connectivity index (χ3n) is 3.97. The van der Waals surface area contributed by atoms with Crippen molar-refractivity contribution in [3.05, 3.63) is 58.6 Å². The average molecular weight is 379 g/mol. The fraction of sp³-hybridized carbons (Fsp3) is 0.278. The Kier molecular flexibility index (Phi) is 5.01. The van der Waals surface area contributed by atoms with Crippen LogP contribution in [0.5, 0.6) is 0 Å². The molecule has 1 amide bonds. The molecule has 1 aliphatic carbocycles. The summed E-state index contributed by atoms with van der Waals surface area (Å²) in [4.78, 5) is 11.9. The summed E-state index contributed by atoms with van der Waals surface area (Å²) in [5.41, 5.74) is 2.08. The number of amides is 1. The van der Waals surface area contributed by atoms with Crippen LogP contribution in [0.2, 0.25) is 5.02 Å². The molecule has 7 heteroatoms. The van der Waals surface area contributed by atoms with E-state index in [1.54, 1.807) is 30.3 Å². The molecule has 25 heavy (non-hydrogen) atoms. The zero-order valence-corrected chi connectivity index (χ0v) is 15.3. The molecular weight excluding hydrogens is 360 g/mol. The molecule has 2 aromatic rings. The van der Waals surface area contributed by atoms with Gasteiger partial charge in [-0.25, -0.2) is 8.42 Å². The molecule has 0 atom stereocenters. The van der Waals surface area contributed by atoms with Crippen LogP contribution in [0.25, 0.3) is 0 Å². The number of benzene rings is 2. The Labute approximate surface area is 152 Å². The third kappa shape index (κ3) is 4.74. The largest absolute Gasteiger partial charge is 0.353 e. The molecule has 0 heterocycles. The molecule has 0 aliphatic heterocycles. The minimum absolute atomic E-state index is 0.00914. The summed E-state index contributed by atoms with van der Waals surface area (Å²) in [6.45, 7) is 1.81. The highest BCUT2D eigenvalue weighted by atomic mass is 35.5. The summed E-state index contributed by atoms with van der Waals surface area (Å²) < 4.78 is 27.4. The van der Waals surface area contributed by atoms with E-state index in [-0.39, 0.29) is 17.2 Å². The van der Waals surface area contributed by atoms with E-state index in [1.807, 2.05) is 6.92 Å². The number of carbonyl (C=O) groups is 1. The van der Waals surface area contributed by atoms with E-state index in [0.29, 0.717) is 16.8 Å². The fourth-order valence-electron chi connectivity index (χ4n) is 2.34. The molecule has 1 fully saturated rings. The Morgan fingerprint density at radius 2 is 1.84 bits per heavy atom. The molecule has 0 saturated heterocycles. The number of aryl methyl sites for hydroxylation is 1. The summed E-state index contributed by atoms with van der Waals surface area (Å²) in [5, 5.41) is 3.33. The molecule has 5 nitrogen and oxygen atoms in total. The van der Waals surface area contributed by atoms with E-state index in [4.69, 9.17) is 11.6 Å². The van der Waals surface area contributed by atoms with Gasteiger partial charge in [-0.1, -0.05) is 29.8 Å². The fourth-order valence-corrected chi connectivity index (χ4v) is 3.67. The molecule has 1 aliphatic rings. The second-order valence-corrected chi connectivity index (χ2v) is 8.32. The molecule has 0 bridgehead atoms. The van der Waals surface area contributed by atoms with Gasteiger partial charge in [0.1, 0.15) is 0 Å². The van der Waals surface area contributed by atoms with Gasteiger partial charge in [0.05, 0.1) is 11.3 Å². The maximum Gasteiger partial charge on any atom is 0.261 e. The van der Waals surface area contributed by atoms with E-state index in [9.17, 15) is 13.2 Å². The third-order valence-corrected chi connectivity index (χ3v) is 5.75. The summed E-state index contributed by atoms with van der Waals surface area (Å²) >= 11 is 6.00. The number of sulfonamides is 1. The Bertz CT molecular complexity index is 891. The van der Waals surface area contributed by atoms with Crippen molar-refractivity contribution in [1.29, 1.82) is 0 Å². The van der Waals surface area contributed by atoms with Crippen molar-refractivity contribution in [1.82, 2.24) is 5.32 Å². The number of halogens is 1. The van der Waals surface area contributed by atoms with Crippen LogP contribution in [0.1, 0.15) is 24.0 Å². The minimum atomic E-state index is -3.71. The van der Waals surface area contributed by atoms with Crippen molar-refractivity contribution in [3.63, 3.8) is 0 Å². The average Bonchev–Trinajstić information content (AvgIpc) is 3.35. The van der Waals surface area contributed by atoms with Crippen molar-refractivity contribution in [2.75, 3.05) is 4.72 Å². The van der Waals surface area contributed by atoms with Crippen LogP contribution < -0.4 is 10.0 Å². The van der Waals surface area contributed by atoms with Crippen molar-refractivity contribution >= 4 is 33.2 Å². The van der Waals surface area contributed by atoms with Crippen molar-refractivity contribution in [2.24, 2.45) is 0 Å². The SMILES string of the molecule is Cc1ccc(S(=O)(=O)Nc2ccc(CC(=O)NC3CC3)cc2)cc1Cl. The number of carbonyl (C=O) groups excluding carboxylic acids is 1. The van der Waals surface area contributed by atoms with E-state index in [2.05, 4.69) is 10.0 Å². The number of rotatable bonds is 6. The lowest BCUT2D eigenvalue weighted by Crippen LogP contribution is -2.26. The van der Waals surface area contributed by atoms with Crippen LogP contribution in [-0.4, -0.2) is 20.4 Å². The highest BCUT2D eigenvalue weighted by Gasteiger charge is 2.23. The van der Waals surface area contributed by atoms with Gasteiger partial charge in [-0.05, 0) is 55.2 Å². The zero-order valence-electron chi connectivity index (χ0n) is 13.8. The van der Waals surface area contributed by atoms with Gasteiger partial charge in [-0.15, -0.1) is 0 Å². The van der Waals surface area contributed by atoms with Crippen LogP contribution in [0, 0.1) is 6.92 Å². The highest BCUT2D eigenvalue weighted by molar-refractivity contribution is 7.92. The van der Waals surface area contributed by atoms with E-state index < -0.39 is 10.0 Å². The molecule has 0 radical (unpaired) electrons. The first kappa shape index (κ1) is 17.8. The minimum Gasteiger partial charge on any atom is -0.353 e. The van der Waals surface area contributed by atoms with Gasteiger partial charge in [-0.2, -0.15) is 0 Å². The van der Waals surface area contributed by atoms with Crippen LogP contribution >= 0.6 is 11.6 Å². The second kappa shape index (κ2) is 7.06. The Balaban J connectivity index is 1.67. The van der Waals surface area contributed by atoms with Crippen molar-refractivity contribution in [3.8, 4) is 0 Å². The van der Waals surface area contributed by atoms with Crippen LogP contribution in [-0.2, 0) is 21.2 Å². The zero-order chi connectivity index (χ0) is 18.0. The van der Waals surface area contributed by atoms with Crippen LogP contribution in [0.3, 0.4) is 0 Å². The molecule has 132 valence electrons. The molecule has 1 saturated carbocycles. The molecule has 0 aromatic heterocycles. The quantitative estimate of drug-likeness (QED) is 0.810. The number of anilines is 1. The second-order valence-electron chi connectivity index (χ2n) is 6.23. The summed E-state index contributed by atoms with van der Waals surface area (Å²) in [6.07, 6.45) is 2.39. The predicted octanol–water partition coefficient (Wildman–Crippen LogP) is 3.27. The normalized spacial score (nSPS) is 14.2. The van der Waals surface area contributed by atoms with Gasteiger partial charge < -0.3 is 5.32 Å². The van der Waals surface area contributed by atoms with Gasteiger partial charge in [0.25, 0.3) is 10.0 Å².